The molecular formula is C19H14N2O. The number of nitriles is 1. The van der Waals surface area contributed by atoms with E-state index in [0.717, 1.165) is 16.3 Å². The van der Waals surface area contributed by atoms with Crippen molar-refractivity contribution in [1.82, 2.24) is 4.90 Å². The molecule has 3 heteroatoms. The topological polar surface area (TPSA) is 44.1 Å². The summed E-state index contributed by atoms with van der Waals surface area (Å²) < 4.78 is 0. The Bertz CT molecular complexity index is 845. The molecule has 0 saturated carbocycles. The third kappa shape index (κ3) is 2.68. The standard InChI is InChI=1S/C19H14N2O/c20-14-21(13-15-7-2-1-3-8-15)19(22)18-12-6-10-16-9-4-5-11-17(16)18/h1-12H,13H2. The van der Waals surface area contributed by atoms with Crippen molar-refractivity contribution in [3.05, 3.63) is 83.9 Å². The van der Waals surface area contributed by atoms with Crippen LogP contribution in [0.5, 0.6) is 0 Å². The van der Waals surface area contributed by atoms with Gasteiger partial charge in [-0.15, -0.1) is 0 Å². The molecule has 0 aliphatic rings. The summed E-state index contributed by atoms with van der Waals surface area (Å²) >= 11 is 0. The van der Waals surface area contributed by atoms with E-state index in [9.17, 15) is 10.1 Å². The highest BCUT2D eigenvalue weighted by Gasteiger charge is 2.17. The molecule has 0 aliphatic heterocycles. The maximum atomic E-state index is 12.7. The summed E-state index contributed by atoms with van der Waals surface area (Å²) in [4.78, 5) is 13.9. The zero-order valence-corrected chi connectivity index (χ0v) is 11.9. The predicted molar refractivity (Wildman–Crippen MR) is 85.9 cm³/mol. The number of hydrogen-bond donors (Lipinski definition) is 0. The van der Waals surface area contributed by atoms with Gasteiger partial charge >= 0.3 is 0 Å². The lowest BCUT2D eigenvalue weighted by molar-refractivity contribution is 0.0826. The predicted octanol–water partition coefficient (Wildman–Crippen LogP) is 3.96. The van der Waals surface area contributed by atoms with E-state index in [-0.39, 0.29) is 12.5 Å². The van der Waals surface area contributed by atoms with Crippen molar-refractivity contribution in [3.63, 3.8) is 0 Å². The molecule has 0 atom stereocenters. The quantitative estimate of drug-likeness (QED) is 0.540. The molecule has 0 N–H and O–H groups in total. The van der Waals surface area contributed by atoms with Gasteiger partial charge in [-0.25, -0.2) is 4.90 Å². The molecule has 3 aromatic carbocycles. The molecule has 0 heterocycles. The van der Waals surface area contributed by atoms with E-state index in [4.69, 9.17) is 0 Å². The van der Waals surface area contributed by atoms with Crippen LogP contribution in [0.4, 0.5) is 0 Å². The van der Waals surface area contributed by atoms with Gasteiger partial charge in [0.1, 0.15) is 0 Å². The first kappa shape index (κ1) is 13.8. The van der Waals surface area contributed by atoms with Crippen LogP contribution in [0.15, 0.2) is 72.8 Å². The molecule has 0 unspecified atom stereocenters. The number of rotatable bonds is 3. The van der Waals surface area contributed by atoms with Crippen molar-refractivity contribution in [2.45, 2.75) is 6.54 Å². The van der Waals surface area contributed by atoms with Crippen molar-refractivity contribution in [1.29, 1.82) is 5.26 Å². The van der Waals surface area contributed by atoms with Gasteiger partial charge in [-0.3, -0.25) is 4.79 Å². The molecule has 0 fully saturated rings. The van der Waals surface area contributed by atoms with Crippen LogP contribution in [0.2, 0.25) is 0 Å². The van der Waals surface area contributed by atoms with Gasteiger partial charge in [-0.2, -0.15) is 5.26 Å². The fourth-order valence-electron chi connectivity index (χ4n) is 2.48. The van der Waals surface area contributed by atoms with Crippen molar-refractivity contribution in [2.24, 2.45) is 0 Å². The maximum Gasteiger partial charge on any atom is 0.267 e. The molecule has 106 valence electrons. The molecule has 1 amide bonds. The number of carbonyl (C=O) groups is 1. The first-order valence-electron chi connectivity index (χ1n) is 7.03. The van der Waals surface area contributed by atoms with Gasteiger partial charge in [0, 0.05) is 5.56 Å². The largest absolute Gasteiger partial charge is 0.268 e. The van der Waals surface area contributed by atoms with E-state index >= 15 is 0 Å². The van der Waals surface area contributed by atoms with Crippen LogP contribution < -0.4 is 0 Å². The van der Waals surface area contributed by atoms with Gasteiger partial charge in [0.15, 0.2) is 6.19 Å². The average Bonchev–Trinajstić information content (AvgIpc) is 2.59. The second-order valence-electron chi connectivity index (χ2n) is 5.00. The highest BCUT2D eigenvalue weighted by atomic mass is 16.2. The van der Waals surface area contributed by atoms with Crippen LogP contribution in [0.1, 0.15) is 15.9 Å². The van der Waals surface area contributed by atoms with E-state index in [0.29, 0.717) is 5.56 Å². The number of nitrogens with zero attached hydrogens (tertiary/aromatic N) is 2. The van der Waals surface area contributed by atoms with Crippen molar-refractivity contribution in [3.8, 4) is 6.19 Å². The zero-order valence-electron chi connectivity index (χ0n) is 11.9. The third-order valence-electron chi connectivity index (χ3n) is 3.57. The Hall–Kier alpha value is -3.12. The Kier molecular flexibility index (Phi) is 3.84. The van der Waals surface area contributed by atoms with E-state index in [1.165, 1.54) is 4.90 Å². The maximum absolute atomic E-state index is 12.7. The molecule has 3 rings (SSSR count). The minimum Gasteiger partial charge on any atom is -0.268 e. The number of hydrogen-bond acceptors (Lipinski definition) is 2. The summed E-state index contributed by atoms with van der Waals surface area (Å²) in [5.74, 6) is -0.275. The fraction of sp³-hybridized carbons (Fsp3) is 0.0526. The van der Waals surface area contributed by atoms with Gasteiger partial charge in [-0.05, 0) is 22.4 Å². The second kappa shape index (κ2) is 6.11. The summed E-state index contributed by atoms with van der Waals surface area (Å²) in [6, 6.07) is 22.8. The fourth-order valence-corrected chi connectivity index (χ4v) is 2.48. The number of benzene rings is 3. The molecule has 0 radical (unpaired) electrons. The normalized spacial score (nSPS) is 10.1. The van der Waals surface area contributed by atoms with E-state index in [1.807, 2.05) is 72.9 Å². The Morgan fingerprint density at radius 1 is 0.909 bits per heavy atom. The van der Waals surface area contributed by atoms with Crippen molar-refractivity contribution < 1.29 is 4.79 Å². The third-order valence-corrected chi connectivity index (χ3v) is 3.57. The summed E-state index contributed by atoms with van der Waals surface area (Å²) in [6.45, 7) is 0.277. The molecular weight excluding hydrogens is 272 g/mol. The summed E-state index contributed by atoms with van der Waals surface area (Å²) in [5, 5.41) is 11.2. The van der Waals surface area contributed by atoms with Gasteiger partial charge in [0.2, 0.25) is 0 Å². The van der Waals surface area contributed by atoms with Crippen molar-refractivity contribution >= 4 is 16.7 Å². The lowest BCUT2D eigenvalue weighted by Gasteiger charge is -2.15. The Labute approximate surface area is 129 Å². The summed E-state index contributed by atoms with van der Waals surface area (Å²) in [7, 11) is 0. The SMILES string of the molecule is N#CN(Cc1ccccc1)C(=O)c1cccc2ccccc12. The number of carbonyl (C=O) groups excluding carboxylic acids is 1. The average molecular weight is 286 g/mol. The molecule has 0 spiro atoms. The molecule has 0 aromatic heterocycles. The monoisotopic (exact) mass is 286 g/mol. The van der Waals surface area contributed by atoms with Crippen LogP contribution >= 0.6 is 0 Å². The smallest absolute Gasteiger partial charge is 0.267 e. The van der Waals surface area contributed by atoms with Crippen LogP contribution in [0.3, 0.4) is 0 Å². The van der Waals surface area contributed by atoms with Crippen LogP contribution in [0.25, 0.3) is 10.8 Å². The molecule has 22 heavy (non-hydrogen) atoms. The molecule has 0 aliphatic carbocycles. The molecule has 3 nitrogen and oxygen atoms in total. The van der Waals surface area contributed by atoms with Crippen LogP contribution in [-0.2, 0) is 6.54 Å². The van der Waals surface area contributed by atoms with E-state index < -0.39 is 0 Å². The summed E-state index contributed by atoms with van der Waals surface area (Å²) in [5.41, 5.74) is 1.48. The lowest BCUT2D eigenvalue weighted by atomic mass is 10.0. The highest BCUT2D eigenvalue weighted by Crippen LogP contribution is 2.20. The van der Waals surface area contributed by atoms with Gasteiger partial charge in [0.05, 0.1) is 6.54 Å². The first-order chi connectivity index (χ1) is 10.8. The first-order valence-corrected chi connectivity index (χ1v) is 7.03. The minimum absolute atomic E-state index is 0.275. The highest BCUT2D eigenvalue weighted by molar-refractivity contribution is 6.07. The molecule has 0 bridgehead atoms. The number of fused-ring (bicyclic) bond motifs is 1. The second-order valence-corrected chi connectivity index (χ2v) is 5.00. The number of amides is 1. The zero-order chi connectivity index (χ0) is 15.4. The van der Waals surface area contributed by atoms with Gasteiger partial charge < -0.3 is 0 Å². The minimum atomic E-state index is -0.275. The molecule has 3 aromatic rings. The van der Waals surface area contributed by atoms with Gasteiger partial charge in [-0.1, -0.05) is 66.7 Å². The Morgan fingerprint density at radius 2 is 1.59 bits per heavy atom. The van der Waals surface area contributed by atoms with Crippen molar-refractivity contribution in [2.75, 3.05) is 0 Å². The Balaban J connectivity index is 1.96. The van der Waals surface area contributed by atoms with Crippen LogP contribution in [-0.4, -0.2) is 10.8 Å². The molecule has 0 saturated heterocycles. The van der Waals surface area contributed by atoms with E-state index in [1.54, 1.807) is 6.07 Å². The Morgan fingerprint density at radius 3 is 2.36 bits per heavy atom. The lowest BCUT2D eigenvalue weighted by Crippen LogP contribution is -2.25. The van der Waals surface area contributed by atoms with Crippen LogP contribution in [0, 0.1) is 11.5 Å². The summed E-state index contributed by atoms with van der Waals surface area (Å²) in [6.07, 6.45) is 2.00. The van der Waals surface area contributed by atoms with Gasteiger partial charge in [0.25, 0.3) is 5.91 Å². The van der Waals surface area contributed by atoms with E-state index in [2.05, 4.69) is 0 Å².